The SMILES string of the molecule is CN(c1ccc(CNC(=O)[C@@H]2CCOC2)cc1)C1CCCCC1. The average molecular weight is 316 g/mol. The molecule has 1 aliphatic heterocycles. The summed E-state index contributed by atoms with van der Waals surface area (Å²) >= 11 is 0. The lowest BCUT2D eigenvalue weighted by atomic mass is 9.94. The van der Waals surface area contributed by atoms with Crippen LogP contribution in [0.3, 0.4) is 0 Å². The molecule has 2 aliphatic rings. The van der Waals surface area contributed by atoms with Gasteiger partial charge in [-0.05, 0) is 37.0 Å². The number of anilines is 1. The maximum Gasteiger partial charge on any atom is 0.225 e. The molecule has 1 saturated carbocycles. The second-order valence-electron chi connectivity index (χ2n) is 6.85. The minimum Gasteiger partial charge on any atom is -0.381 e. The molecule has 4 nitrogen and oxygen atoms in total. The van der Waals surface area contributed by atoms with Crippen LogP contribution in [0.1, 0.15) is 44.1 Å². The van der Waals surface area contributed by atoms with Crippen LogP contribution in [0.25, 0.3) is 0 Å². The molecular formula is C19H28N2O2. The largest absolute Gasteiger partial charge is 0.381 e. The van der Waals surface area contributed by atoms with Crippen LogP contribution in [0.5, 0.6) is 0 Å². The summed E-state index contributed by atoms with van der Waals surface area (Å²) in [6, 6.07) is 9.28. The summed E-state index contributed by atoms with van der Waals surface area (Å²) in [6.07, 6.45) is 7.54. The van der Waals surface area contributed by atoms with E-state index in [2.05, 4.69) is 41.5 Å². The van der Waals surface area contributed by atoms with Gasteiger partial charge in [0.2, 0.25) is 5.91 Å². The summed E-state index contributed by atoms with van der Waals surface area (Å²) in [5, 5.41) is 3.02. The molecule has 126 valence electrons. The molecule has 1 aromatic carbocycles. The van der Waals surface area contributed by atoms with Crippen molar-refractivity contribution in [2.75, 3.05) is 25.2 Å². The van der Waals surface area contributed by atoms with E-state index < -0.39 is 0 Å². The van der Waals surface area contributed by atoms with Gasteiger partial charge in [0.1, 0.15) is 0 Å². The van der Waals surface area contributed by atoms with Crippen molar-refractivity contribution in [2.24, 2.45) is 5.92 Å². The highest BCUT2D eigenvalue weighted by atomic mass is 16.5. The summed E-state index contributed by atoms with van der Waals surface area (Å²) in [5.41, 5.74) is 2.43. The first kappa shape index (κ1) is 16.3. The second-order valence-corrected chi connectivity index (χ2v) is 6.85. The van der Waals surface area contributed by atoms with Crippen molar-refractivity contribution in [2.45, 2.75) is 51.1 Å². The molecule has 4 heteroatoms. The van der Waals surface area contributed by atoms with E-state index in [0.29, 0.717) is 25.8 Å². The Bertz CT molecular complexity index is 503. The molecule has 0 bridgehead atoms. The Labute approximate surface area is 139 Å². The van der Waals surface area contributed by atoms with Crippen molar-refractivity contribution in [1.82, 2.24) is 5.32 Å². The number of benzene rings is 1. The molecule has 0 spiro atoms. The lowest BCUT2D eigenvalue weighted by Crippen LogP contribution is -2.33. The lowest BCUT2D eigenvalue weighted by molar-refractivity contribution is -0.125. The summed E-state index contributed by atoms with van der Waals surface area (Å²) in [5.74, 6) is 0.151. The van der Waals surface area contributed by atoms with Gasteiger partial charge in [-0.25, -0.2) is 0 Å². The van der Waals surface area contributed by atoms with Crippen LogP contribution >= 0.6 is 0 Å². The number of carbonyl (C=O) groups excluding carboxylic acids is 1. The normalized spacial score (nSPS) is 22.0. The number of hydrogen-bond donors (Lipinski definition) is 1. The fourth-order valence-electron chi connectivity index (χ4n) is 3.60. The molecule has 1 N–H and O–H groups in total. The Morgan fingerprint density at radius 3 is 2.57 bits per heavy atom. The minimum atomic E-state index is 0.0340. The maximum absolute atomic E-state index is 12.0. The van der Waals surface area contributed by atoms with E-state index in [1.807, 2.05) is 0 Å². The number of ether oxygens (including phenoxy) is 1. The van der Waals surface area contributed by atoms with Crippen molar-refractivity contribution < 1.29 is 9.53 Å². The topological polar surface area (TPSA) is 41.6 Å². The van der Waals surface area contributed by atoms with Gasteiger partial charge in [0.05, 0.1) is 12.5 Å². The molecule has 1 aromatic rings. The molecule has 3 rings (SSSR count). The van der Waals surface area contributed by atoms with Gasteiger partial charge in [-0.1, -0.05) is 31.4 Å². The molecule has 0 unspecified atom stereocenters. The lowest BCUT2D eigenvalue weighted by Gasteiger charge is -2.33. The average Bonchev–Trinajstić information content (AvgIpc) is 3.15. The predicted molar refractivity (Wildman–Crippen MR) is 92.5 cm³/mol. The van der Waals surface area contributed by atoms with E-state index in [9.17, 15) is 4.79 Å². The third-order valence-corrected chi connectivity index (χ3v) is 5.23. The highest BCUT2D eigenvalue weighted by molar-refractivity contribution is 5.79. The molecule has 0 radical (unpaired) electrons. The van der Waals surface area contributed by atoms with E-state index >= 15 is 0 Å². The summed E-state index contributed by atoms with van der Waals surface area (Å²) in [6.45, 7) is 1.87. The molecule has 1 atom stereocenters. The van der Waals surface area contributed by atoms with Gasteiger partial charge in [0, 0.05) is 31.9 Å². The summed E-state index contributed by atoms with van der Waals surface area (Å²) in [7, 11) is 2.20. The fraction of sp³-hybridized carbons (Fsp3) is 0.632. The fourth-order valence-corrected chi connectivity index (χ4v) is 3.60. The molecule has 0 aromatic heterocycles. The Morgan fingerprint density at radius 2 is 1.91 bits per heavy atom. The molecule has 1 heterocycles. The van der Waals surface area contributed by atoms with Crippen molar-refractivity contribution >= 4 is 11.6 Å². The number of nitrogens with zero attached hydrogens (tertiary/aromatic N) is 1. The zero-order valence-electron chi connectivity index (χ0n) is 14.1. The Balaban J connectivity index is 1.51. The third kappa shape index (κ3) is 4.25. The predicted octanol–water partition coefficient (Wildman–Crippen LogP) is 3.11. The van der Waals surface area contributed by atoms with E-state index in [0.717, 1.165) is 12.0 Å². The van der Waals surface area contributed by atoms with Crippen LogP contribution < -0.4 is 10.2 Å². The van der Waals surface area contributed by atoms with E-state index in [1.165, 1.54) is 37.8 Å². The highest BCUT2D eigenvalue weighted by Gasteiger charge is 2.23. The van der Waals surface area contributed by atoms with Gasteiger partial charge in [-0.3, -0.25) is 4.79 Å². The first-order chi connectivity index (χ1) is 11.2. The molecular weight excluding hydrogens is 288 g/mol. The number of hydrogen-bond acceptors (Lipinski definition) is 3. The monoisotopic (exact) mass is 316 g/mol. The molecule has 1 saturated heterocycles. The van der Waals surface area contributed by atoms with Crippen molar-refractivity contribution in [3.8, 4) is 0 Å². The van der Waals surface area contributed by atoms with Gasteiger partial charge < -0.3 is 15.0 Å². The number of nitrogens with one attached hydrogen (secondary N) is 1. The first-order valence-electron chi connectivity index (χ1n) is 8.91. The zero-order chi connectivity index (χ0) is 16.1. The van der Waals surface area contributed by atoms with Crippen molar-refractivity contribution in [3.05, 3.63) is 29.8 Å². The maximum atomic E-state index is 12.0. The van der Waals surface area contributed by atoms with Crippen LogP contribution in [-0.2, 0) is 16.1 Å². The molecule has 2 fully saturated rings. The molecule has 1 amide bonds. The van der Waals surface area contributed by atoms with Crippen LogP contribution in [0.4, 0.5) is 5.69 Å². The minimum absolute atomic E-state index is 0.0340. The van der Waals surface area contributed by atoms with E-state index in [-0.39, 0.29) is 11.8 Å². The van der Waals surface area contributed by atoms with Crippen LogP contribution in [0.2, 0.25) is 0 Å². The number of rotatable bonds is 5. The van der Waals surface area contributed by atoms with E-state index in [4.69, 9.17) is 4.74 Å². The van der Waals surface area contributed by atoms with Gasteiger partial charge >= 0.3 is 0 Å². The van der Waals surface area contributed by atoms with Crippen molar-refractivity contribution in [1.29, 1.82) is 0 Å². The van der Waals surface area contributed by atoms with Crippen LogP contribution in [0, 0.1) is 5.92 Å². The van der Waals surface area contributed by atoms with Gasteiger partial charge in [-0.15, -0.1) is 0 Å². The van der Waals surface area contributed by atoms with Gasteiger partial charge in [-0.2, -0.15) is 0 Å². The summed E-state index contributed by atoms with van der Waals surface area (Å²) in [4.78, 5) is 14.4. The first-order valence-corrected chi connectivity index (χ1v) is 8.91. The number of amides is 1. The Kier molecular flexibility index (Phi) is 5.55. The Hall–Kier alpha value is -1.55. The summed E-state index contributed by atoms with van der Waals surface area (Å²) < 4.78 is 5.26. The van der Waals surface area contributed by atoms with Crippen LogP contribution in [0.15, 0.2) is 24.3 Å². The molecule has 23 heavy (non-hydrogen) atoms. The standard InChI is InChI=1S/C19H28N2O2/c1-21(17-5-3-2-4-6-17)18-9-7-15(8-10-18)13-20-19(22)16-11-12-23-14-16/h7-10,16-17H,2-6,11-14H2,1H3,(H,20,22)/t16-/m1/s1. The number of carbonyl (C=O) groups is 1. The van der Waals surface area contributed by atoms with Gasteiger partial charge in [0.25, 0.3) is 0 Å². The zero-order valence-corrected chi connectivity index (χ0v) is 14.1. The highest BCUT2D eigenvalue weighted by Crippen LogP contribution is 2.26. The smallest absolute Gasteiger partial charge is 0.225 e. The Morgan fingerprint density at radius 1 is 1.17 bits per heavy atom. The van der Waals surface area contributed by atoms with Crippen molar-refractivity contribution in [3.63, 3.8) is 0 Å². The van der Waals surface area contributed by atoms with E-state index in [1.54, 1.807) is 0 Å². The van der Waals surface area contributed by atoms with Gasteiger partial charge in [0.15, 0.2) is 0 Å². The quantitative estimate of drug-likeness (QED) is 0.907. The van der Waals surface area contributed by atoms with Crippen LogP contribution in [-0.4, -0.2) is 32.2 Å². The second kappa shape index (κ2) is 7.82. The molecule has 1 aliphatic carbocycles. The third-order valence-electron chi connectivity index (χ3n) is 5.23.